The van der Waals surface area contributed by atoms with Crippen LogP contribution in [0, 0.1) is 23.6 Å². The molecule has 1 saturated heterocycles. The van der Waals surface area contributed by atoms with Crippen molar-refractivity contribution in [3.05, 3.63) is 138 Å². The Morgan fingerprint density at radius 3 is 2.21 bits per heavy atom. The van der Waals surface area contributed by atoms with Crippen molar-refractivity contribution >= 4 is 11.8 Å². The van der Waals surface area contributed by atoms with E-state index in [-0.39, 0.29) is 63.0 Å². The molecule has 1 amide bonds. The van der Waals surface area contributed by atoms with Gasteiger partial charge in [0.1, 0.15) is 29.1 Å². The number of allylic oxidation sites excluding steroid dienone is 1. The molecule has 2 heterocycles. The van der Waals surface area contributed by atoms with E-state index in [0.29, 0.717) is 54.4 Å². The van der Waals surface area contributed by atoms with Crippen molar-refractivity contribution in [1.29, 1.82) is 0 Å². The van der Waals surface area contributed by atoms with E-state index in [1.54, 1.807) is 23.1 Å². The lowest BCUT2D eigenvalue weighted by Crippen LogP contribution is -2.70. The summed E-state index contributed by atoms with van der Waals surface area (Å²) < 4.78 is 48.4. The minimum Gasteiger partial charge on any atom is -0.459 e. The number of ether oxygens (including phenoxy) is 5. The number of hydrogen-bond acceptors (Lipinski definition) is 10. The van der Waals surface area contributed by atoms with Crippen LogP contribution in [0.2, 0.25) is 0 Å². The number of nitrogens with zero attached hydrogens (tertiary/aromatic N) is 2. The number of oxime groups is 1. The molecule has 8 rings (SSSR count). The van der Waals surface area contributed by atoms with E-state index < -0.39 is 30.1 Å². The maximum absolute atomic E-state index is 15.2. The normalized spacial score (nSPS) is 23.2. The van der Waals surface area contributed by atoms with Crippen LogP contribution in [0.25, 0.3) is 11.1 Å². The molecule has 0 radical (unpaired) electrons. The second kappa shape index (κ2) is 29.3. The Morgan fingerprint density at radius 1 is 0.816 bits per heavy atom. The molecule has 4 aromatic rings. The van der Waals surface area contributed by atoms with Crippen LogP contribution in [0.5, 0.6) is 17.2 Å². The first-order valence-corrected chi connectivity index (χ1v) is 28.7. The highest BCUT2D eigenvalue weighted by Crippen LogP contribution is 2.62. The van der Waals surface area contributed by atoms with Gasteiger partial charge in [-0.05, 0) is 122 Å². The second-order valence-corrected chi connectivity index (χ2v) is 21.2. The van der Waals surface area contributed by atoms with Crippen LogP contribution in [0.3, 0.4) is 0 Å². The third-order valence-electron chi connectivity index (χ3n) is 15.9. The minimum absolute atomic E-state index is 0.00481. The maximum Gasteiger partial charge on any atom is 0.410 e. The molecule has 2 N–H and O–H groups in total. The fourth-order valence-electron chi connectivity index (χ4n) is 12.0. The van der Waals surface area contributed by atoms with Crippen LogP contribution >= 0.6 is 0 Å². The van der Waals surface area contributed by atoms with Crippen molar-refractivity contribution in [3.63, 3.8) is 0 Å². The van der Waals surface area contributed by atoms with E-state index in [9.17, 15) is 14.6 Å². The molecule has 11 nitrogen and oxygen atoms in total. The first-order chi connectivity index (χ1) is 37.3. The smallest absolute Gasteiger partial charge is 0.410 e. The zero-order chi connectivity index (χ0) is 53.0. The van der Waals surface area contributed by atoms with Crippen molar-refractivity contribution in [2.75, 3.05) is 33.0 Å². The lowest BCUT2D eigenvalue weighted by atomic mass is 9.55. The van der Waals surface area contributed by atoms with Crippen molar-refractivity contribution in [3.8, 4) is 28.4 Å². The van der Waals surface area contributed by atoms with Crippen LogP contribution in [-0.2, 0) is 25.6 Å². The topological polar surface area (TPSA) is 129 Å². The first kappa shape index (κ1) is 56.7. The number of unbranched alkanes of at least 4 members (excludes halogenated alkanes) is 11. The quantitative estimate of drug-likeness (QED) is 0.0298. The van der Waals surface area contributed by atoms with E-state index in [1.807, 2.05) is 42.5 Å². The summed E-state index contributed by atoms with van der Waals surface area (Å²) in [7, 11) is 0. The fraction of sp³-hybridized carbons (Fsp3) is 0.531. The first-order valence-electron chi connectivity index (χ1n) is 28.7. The average Bonchev–Trinajstić information content (AvgIpc) is 3.54. The lowest BCUT2D eigenvalue weighted by molar-refractivity contribution is -0.256. The average molecular weight is 1040 g/mol. The highest BCUT2D eigenvalue weighted by Gasteiger charge is 2.66. The summed E-state index contributed by atoms with van der Waals surface area (Å²) in [6, 6.07) is 29.7. The summed E-state index contributed by atoms with van der Waals surface area (Å²) >= 11 is 0. The van der Waals surface area contributed by atoms with Gasteiger partial charge in [-0.3, -0.25) is 4.90 Å². The van der Waals surface area contributed by atoms with Crippen molar-refractivity contribution < 1.29 is 47.9 Å². The van der Waals surface area contributed by atoms with Gasteiger partial charge < -0.3 is 38.7 Å². The molecular weight excluding hydrogens is 960 g/mol. The van der Waals surface area contributed by atoms with Crippen LogP contribution in [-0.4, -0.2) is 78.1 Å². The SMILES string of the molecule is C=CCO[C@@]12Oc3ccc(Oc4ccc(-c5ccccc5)cc4)cc3[C@H]3[C@H](CCCCO)[C@@H](CCCCO)C=C(C(=NOC4CCCCO4)C[C@@H]1N(Cc1ccc(F)cc1)C(=O)OCCCCCCCCCCCC)[C@H]32. The van der Waals surface area contributed by atoms with Gasteiger partial charge in [0, 0.05) is 44.1 Å². The van der Waals surface area contributed by atoms with Gasteiger partial charge in [0.25, 0.3) is 0 Å². The number of benzene rings is 4. The standard InChI is InChI=1S/C64H83FN2O9/c1-3-5-6-7-8-9-10-11-12-21-42-72-63(70)67(46-47-28-32-51(65)33-29-47)59-45-57(66-76-60-27-18-22-41-71-60)55-43-50(25-16-19-38-68)54(26-17-20-39-69)61-56-44-53(36-37-58(56)75-64(59,62(55)61)73-40-4-2)74-52-34-30-49(31-35-52)48-23-14-13-15-24-48/h4,13-15,23-24,28-37,43-44,50,54,59-62,68-69H,2-3,5-12,16-22,25-27,38-42,45-46H2,1H3/t50-,54+,59-,60?,61+,62+,64+/m0/s1. The van der Waals surface area contributed by atoms with Gasteiger partial charge in [-0.2, -0.15) is 0 Å². The van der Waals surface area contributed by atoms with Crippen LogP contribution in [0.15, 0.2) is 127 Å². The molecule has 1 unspecified atom stereocenters. The Kier molecular flexibility index (Phi) is 21.8. The zero-order valence-electron chi connectivity index (χ0n) is 45.0. The molecule has 0 spiro atoms. The number of amides is 1. The van der Waals surface area contributed by atoms with E-state index in [0.717, 1.165) is 86.5 Å². The number of hydrogen-bond donors (Lipinski definition) is 2. The molecule has 1 saturated carbocycles. The van der Waals surface area contributed by atoms with Crippen molar-refractivity contribution in [2.24, 2.45) is 22.9 Å². The molecule has 2 aliphatic carbocycles. The van der Waals surface area contributed by atoms with E-state index in [2.05, 4.69) is 49.9 Å². The highest BCUT2D eigenvalue weighted by molar-refractivity contribution is 6.03. The Balaban J connectivity index is 1.22. The van der Waals surface area contributed by atoms with E-state index in [1.165, 1.54) is 50.7 Å². The molecule has 12 heteroatoms. The van der Waals surface area contributed by atoms with Gasteiger partial charge in [0.15, 0.2) is 0 Å². The summed E-state index contributed by atoms with van der Waals surface area (Å²) in [6.07, 6.45) is 21.8. The molecular formula is C64H83FN2O9. The van der Waals surface area contributed by atoms with Crippen LogP contribution < -0.4 is 9.47 Å². The summed E-state index contributed by atoms with van der Waals surface area (Å²) in [4.78, 5) is 23.2. The Bertz CT molecular complexity index is 2460. The van der Waals surface area contributed by atoms with Crippen LogP contribution in [0.1, 0.15) is 152 Å². The van der Waals surface area contributed by atoms with Gasteiger partial charge in [0.2, 0.25) is 12.1 Å². The molecule has 2 fully saturated rings. The van der Waals surface area contributed by atoms with Gasteiger partial charge in [0.05, 0.1) is 31.5 Å². The number of halogens is 1. The molecule has 0 aromatic heterocycles. The summed E-state index contributed by atoms with van der Waals surface area (Å²) in [5, 5.41) is 25.3. The number of aliphatic hydroxyl groups excluding tert-OH is 2. The highest BCUT2D eigenvalue weighted by atomic mass is 19.1. The lowest BCUT2D eigenvalue weighted by Gasteiger charge is -2.60. The Morgan fingerprint density at radius 2 is 1.51 bits per heavy atom. The molecule has 7 atom stereocenters. The molecule has 0 bridgehead atoms. The molecule has 76 heavy (non-hydrogen) atoms. The monoisotopic (exact) mass is 1040 g/mol. The van der Waals surface area contributed by atoms with Gasteiger partial charge >= 0.3 is 6.09 Å². The summed E-state index contributed by atoms with van der Waals surface area (Å²) in [6.45, 7) is 7.51. The number of fused-ring (bicyclic) bond motifs is 2. The Labute approximate surface area is 451 Å². The third-order valence-corrected chi connectivity index (χ3v) is 15.9. The summed E-state index contributed by atoms with van der Waals surface area (Å²) in [5.41, 5.74) is 5.44. The fourth-order valence-corrected chi connectivity index (χ4v) is 12.0. The van der Waals surface area contributed by atoms with Crippen molar-refractivity contribution in [2.45, 2.75) is 166 Å². The van der Waals surface area contributed by atoms with E-state index >= 15 is 4.79 Å². The molecule has 4 aliphatic rings. The third kappa shape index (κ3) is 14.7. The number of carbonyl (C=O) groups is 1. The van der Waals surface area contributed by atoms with Crippen molar-refractivity contribution in [1.82, 2.24) is 4.90 Å². The van der Waals surface area contributed by atoms with Crippen LogP contribution in [0.4, 0.5) is 9.18 Å². The predicted octanol–water partition coefficient (Wildman–Crippen LogP) is 15.0. The number of aliphatic hydroxyl groups is 2. The van der Waals surface area contributed by atoms with Gasteiger partial charge in [-0.1, -0.05) is 149 Å². The van der Waals surface area contributed by atoms with Gasteiger partial charge in [-0.25, -0.2) is 9.18 Å². The number of carbonyl (C=O) groups excluding carboxylic acids is 1. The molecule has 2 aliphatic heterocycles. The maximum atomic E-state index is 15.2. The zero-order valence-corrected chi connectivity index (χ0v) is 45.0. The molecule has 410 valence electrons. The summed E-state index contributed by atoms with van der Waals surface area (Å²) in [5.74, 6) is -0.737. The van der Waals surface area contributed by atoms with Gasteiger partial charge in [-0.15, -0.1) is 6.58 Å². The Hall–Kier alpha value is -5.53. The largest absolute Gasteiger partial charge is 0.459 e. The minimum atomic E-state index is -1.52. The molecule has 4 aromatic carbocycles. The van der Waals surface area contributed by atoms with E-state index in [4.69, 9.17) is 33.7 Å². The second-order valence-electron chi connectivity index (χ2n) is 21.2. The number of rotatable bonds is 30. The predicted molar refractivity (Wildman–Crippen MR) is 297 cm³/mol.